The molecule has 1 aromatic heterocycles. The van der Waals surface area contributed by atoms with Gasteiger partial charge in [-0.3, -0.25) is 4.90 Å². The molecule has 38 heavy (non-hydrogen) atoms. The van der Waals surface area contributed by atoms with Crippen LogP contribution in [0.3, 0.4) is 0 Å². The van der Waals surface area contributed by atoms with Gasteiger partial charge in [0, 0.05) is 11.6 Å². The second-order valence-corrected chi connectivity index (χ2v) is 10.4. The molecule has 0 radical (unpaired) electrons. The Morgan fingerprint density at radius 2 is 1.76 bits per heavy atom. The van der Waals surface area contributed by atoms with Gasteiger partial charge < -0.3 is 15.2 Å². The Hall–Kier alpha value is -4.16. The molecular formula is C29H28N4O4S. The topological polar surface area (TPSA) is 119 Å². The highest BCUT2D eigenvalue weighted by Crippen LogP contribution is 2.44. The molecule has 1 atom stereocenters. The lowest BCUT2D eigenvalue weighted by atomic mass is 9.81. The van der Waals surface area contributed by atoms with E-state index in [1.54, 1.807) is 41.7 Å². The summed E-state index contributed by atoms with van der Waals surface area (Å²) >= 11 is 1.63. The van der Waals surface area contributed by atoms with Crippen LogP contribution < -0.4 is 10.6 Å². The van der Waals surface area contributed by atoms with Crippen LogP contribution >= 0.6 is 11.3 Å². The van der Waals surface area contributed by atoms with E-state index >= 15 is 0 Å². The van der Waals surface area contributed by atoms with Gasteiger partial charge in [-0.25, -0.2) is 14.6 Å². The number of carbonyl (C=O) groups excluding carboxylic acids is 2. The second-order valence-electron chi connectivity index (χ2n) is 9.37. The summed E-state index contributed by atoms with van der Waals surface area (Å²) in [6.45, 7) is 0. The molecule has 1 saturated carbocycles. The van der Waals surface area contributed by atoms with Crippen molar-refractivity contribution in [2.75, 3.05) is 19.1 Å². The largest absolute Gasteiger partial charge is 0.466 e. The molecule has 2 heterocycles. The number of hydrogen-bond donors (Lipinski definition) is 1. The van der Waals surface area contributed by atoms with Gasteiger partial charge in [0.25, 0.3) is 0 Å². The number of esters is 2. The van der Waals surface area contributed by atoms with Crippen molar-refractivity contribution in [3.8, 4) is 6.07 Å². The SMILES string of the molecule is COC(=O)C1=C(C(=O)OC)N(c2ccc3nc(C4CCCCC4)sc3c2)C(N)=C(C#N)C1c1ccccc1. The first-order valence-corrected chi connectivity index (χ1v) is 13.4. The van der Waals surface area contributed by atoms with E-state index in [1.165, 1.54) is 38.4 Å². The number of carbonyl (C=O) groups is 2. The van der Waals surface area contributed by atoms with Gasteiger partial charge in [0.1, 0.15) is 11.5 Å². The molecule has 5 rings (SSSR count). The third-order valence-corrected chi connectivity index (χ3v) is 8.39. The first-order valence-electron chi connectivity index (χ1n) is 12.5. The number of rotatable bonds is 5. The molecular weight excluding hydrogens is 500 g/mol. The average Bonchev–Trinajstić information content (AvgIpc) is 3.40. The normalized spacial score (nSPS) is 18.4. The van der Waals surface area contributed by atoms with Crippen molar-refractivity contribution in [1.82, 2.24) is 4.98 Å². The van der Waals surface area contributed by atoms with Gasteiger partial charge in [0.05, 0.1) is 52.6 Å². The fourth-order valence-electron chi connectivity index (χ4n) is 5.38. The molecule has 2 N–H and O–H groups in total. The summed E-state index contributed by atoms with van der Waals surface area (Å²) in [6.07, 6.45) is 5.97. The summed E-state index contributed by atoms with van der Waals surface area (Å²) < 4.78 is 11.2. The summed E-state index contributed by atoms with van der Waals surface area (Å²) in [5, 5.41) is 11.3. The molecule has 1 fully saturated rings. The quantitative estimate of drug-likeness (QED) is 0.447. The fraction of sp³-hybridized carbons (Fsp3) is 0.310. The molecule has 8 nitrogen and oxygen atoms in total. The van der Waals surface area contributed by atoms with Crippen molar-refractivity contribution in [2.24, 2.45) is 5.73 Å². The van der Waals surface area contributed by atoms with Crippen LogP contribution in [0.1, 0.15) is 54.5 Å². The Balaban J connectivity index is 1.70. The zero-order valence-electron chi connectivity index (χ0n) is 21.3. The van der Waals surface area contributed by atoms with Crippen molar-refractivity contribution in [2.45, 2.75) is 43.9 Å². The van der Waals surface area contributed by atoms with Crippen molar-refractivity contribution in [3.05, 3.63) is 81.8 Å². The minimum absolute atomic E-state index is 0.0106. The number of aromatic nitrogens is 1. The predicted molar refractivity (Wildman–Crippen MR) is 145 cm³/mol. The van der Waals surface area contributed by atoms with Gasteiger partial charge in [-0.1, -0.05) is 49.6 Å². The van der Waals surface area contributed by atoms with E-state index in [4.69, 9.17) is 20.2 Å². The van der Waals surface area contributed by atoms with E-state index in [-0.39, 0.29) is 22.7 Å². The van der Waals surface area contributed by atoms with E-state index in [2.05, 4.69) is 6.07 Å². The van der Waals surface area contributed by atoms with Gasteiger partial charge in [0.2, 0.25) is 0 Å². The Morgan fingerprint density at radius 3 is 2.42 bits per heavy atom. The number of fused-ring (bicyclic) bond motifs is 1. The van der Waals surface area contributed by atoms with Gasteiger partial charge >= 0.3 is 11.9 Å². The lowest BCUT2D eigenvalue weighted by Crippen LogP contribution is -2.40. The number of hydrogen-bond acceptors (Lipinski definition) is 9. The average molecular weight is 529 g/mol. The Bertz CT molecular complexity index is 1500. The standard InChI is InChI=1S/C29H28N4O4S/c1-36-28(34)24-23(17-9-5-3-6-10-17)20(16-30)26(31)33(25(24)29(35)37-2)19-13-14-21-22(15-19)38-27(32-21)18-11-7-4-8-12-18/h3,5-6,9-10,13-15,18,23H,4,7-8,11-12,31H2,1-2H3. The zero-order valence-corrected chi connectivity index (χ0v) is 22.1. The molecule has 9 heteroatoms. The van der Waals surface area contributed by atoms with Gasteiger partial charge in [-0.05, 0) is 36.6 Å². The number of nitrogens with zero attached hydrogens (tertiary/aromatic N) is 3. The summed E-state index contributed by atoms with van der Waals surface area (Å²) in [7, 11) is 2.48. The number of allylic oxidation sites excluding steroid dienone is 1. The molecule has 1 unspecified atom stereocenters. The lowest BCUT2D eigenvalue weighted by Gasteiger charge is -2.35. The molecule has 2 aliphatic rings. The van der Waals surface area contributed by atoms with Crippen LogP contribution in [-0.4, -0.2) is 31.1 Å². The third-order valence-electron chi connectivity index (χ3n) is 7.21. The van der Waals surface area contributed by atoms with Gasteiger partial charge in [0.15, 0.2) is 0 Å². The number of methoxy groups -OCH3 is 2. The molecule has 0 bridgehead atoms. The summed E-state index contributed by atoms with van der Waals surface area (Å²) in [5.74, 6) is -1.91. The number of thiazole rings is 1. The van der Waals surface area contributed by atoms with Crippen LogP contribution in [0, 0.1) is 11.3 Å². The van der Waals surface area contributed by atoms with E-state index in [1.807, 2.05) is 18.2 Å². The number of nitriles is 1. The fourth-order valence-corrected chi connectivity index (χ4v) is 6.55. The minimum atomic E-state index is -0.899. The second kappa shape index (κ2) is 10.7. The first-order chi connectivity index (χ1) is 18.5. The number of anilines is 1. The number of benzene rings is 2. The molecule has 1 aliphatic heterocycles. The summed E-state index contributed by atoms with van der Waals surface area (Å²) in [4.78, 5) is 32.8. The van der Waals surface area contributed by atoms with Crippen molar-refractivity contribution in [3.63, 3.8) is 0 Å². The summed E-state index contributed by atoms with van der Waals surface area (Å²) in [5.41, 5.74) is 8.68. The monoisotopic (exact) mass is 528 g/mol. The van der Waals surface area contributed by atoms with Crippen molar-refractivity contribution >= 4 is 39.2 Å². The Labute approximate surface area is 225 Å². The Morgan fingerprint density at radius 1 is 1.05 bits per heavy atom. The van der Waals surface area contributed by atoms with Crippen LogP contribution in [0.2, 0.25) is 0 Å². The molecule has 2 aromatic carbocycles. The number of ether oxygens (including phenoxy) is 2. The van der Waals surface area contributed by atoms with Crippen molar-refractivity contribution in [1.29, 1.82) is 5.26 Å². The highest BCUT2D eigenvalue weighted by atomic mass is 32.1. The molecule has 1 aliphatic carbocycles. The van der Waals surface area contributed by atoms with E-state index in [9.17, 15) is 14.9 Å². The van der Waals surface area contributed by atoms with Crippen LogP contribution in [-0.2, 0) is 19.1 Å². The minimum Gasteiger partial charge on any atom is -0.466 e. The van der Waals surface area contributed by atoms with Crippen molar-refractivity contribution < 1.29 is 19.1 Å². The zero-order chi connectivity index (χ0) is 26.8. The van der Waals surface area contributed by atoms with Gasteiger partial charge in [-0.15, -0.1) is 11.3 Å². The maximum absolute atomic E-state index is 13.3. The predicted octanol–water partition coefficient (Wildman–Crippen LogP) is 5.24. The summed E-state index contributed by atoms with van der Waals surface area (Å²) in [6, 6.07) is 16.7. The van der Waals surface area contributed by atoms with E-state index in [0.717, 1.165) is 28.1 Å². The highest BCUT2D eigenvalue weighted by Gasteiger charge is 2.43. The number of nitrogens with two attached hydrogens (primary N) is 1. The van der Waals surface area contributed by atoms with Gasteiger partial charge in [-0.2, -0.15) is 5.26 Å². The molecule has 194 valence electrons. The Kier molecular flexibility index (Phi) is 7.16. The lowest BCUT2D eigenvalue weighted by molar-refractivity contribution is -0.139. The smallest absolute Gasteiger partial charge is 0.355 e. The first kappa shape index (κ1) is 25.5. The van der Waals surface area contributed by atoms with E-state index in [0.29, 0.717) is 17.2 Å². The van der Waals surface area contributed by atoms with Crippen LogP contribution in [0.5, 0.6) is 0 Å². The maximum atomic E-state index is 13.3. The van der Waals surface area contributed by atoms with Crippen LogP contribution in [0.4, 0.5) is 5.69 Å². The van der Waals surface area contributed by atoms with E-state index < -0.39 is 17.9 Å². The van der Waals surface area contributed by atoms with Crippen LogP contribution in [0.25, 0.3) is 10.2 Å². The molecule has 0 saturated heterocycles. The molecule has 0 spiro atoms. The molecule has 0 amide bonds. The maximum Gasteiger partial charge on any atom is 0.355 e. The molecule has 3 aromatic rings. The van der Waals surface area contributed by atoms with Crippen LogP contribution in [0.15, 0.2) is 71.2 Å². The highest BCUT2D eigenvalue weighted by molar-refractivity contribution is 7.18. The third kappa shape index (κ3) is 4.41.